The van der Waals surface area contributed by atoms with E-state index in [2.05, 4.69) is 5.32 Å². The van der Waals surface area contributed by atoms with Crippen LogP contribution in [0.5, 0.6) is 5.75 Å². The summed E-state index contributed by atoms with van der Waals surface area (Å²) in [5, 5.41) is 2.66. The number of benzene rings is 1. The van der Waals surface area contributed by atoms with Gasteiger partial charge in [0.2, 0.25) is 5.91 Å². The van der Waals surface area contributed by atoms with Crippen LogP contribution >= 0.6 is 0 Å². The second-order valence-electron chi connectivity index (χ2n) is 4.06. The van der Waals surface area contributed by atoms with Gasteiger partial charge in [-0.1, -0.05) is 0 Å². The van der Waals surface area contributed by atoms with Crippen LogP contribution in [0.25, 0.3) is 0 Å². The smallest absolute Gasteiger partial charge is 0.260 e. The summed E-state index contributed by atoms with van der Waals surface area (Å²) in [4.78, 5) is 24.3. The third-order valence-corrected chi connectivity index (χ3v) is 2.65. The lowest BCUT2D eigenvalue weighted by Crippen LogP contribution is -2.34. The van der Waals surface area contributed by atoms with Gasteiger partial charge in [-0.2, -0.15) is 0 Å². The average molecular weight is 264 g/mol. The lowest BCUT2D eigenvalue weighted by atomic mass is 10.3. The number of hydrogen-bond donors (Lipinski definition) is 1. The summed E-state index contributed by atoms with van der Waals surface area (Å²) in [5.74, 6) is 0.455. The lowest BCUT2D eigenvalue weighted by molar-refractivity contribution is -0.133. The molecule has 0 heterocycles. The second kappa shape index (κ2) is 7.41. The molecule has 2 amide bonds. The highest BCUT2D eigenvalue weighted by molar-refractivity contribution is 5.88. The van der Waals surface area contributed by atoms with E-state index in [1.54, 1.807) is 29.2 Å². The van der Waals surface area contributed by atoms with Crippen molar-refractivity contribution >= 4 is 17.5 Å². The Kier molecular flexibility index (Phi) is 5.85. The fourth-order valence-corrected chi connectivity index (χ4v) is 1.65. The molecule has 0 radical (unpaired) electrons. The van der Waals surface area contributed by atoms with E-state index in [4.69, 9.17) is 4.74 Å². The molecule has 5 heteroatoms. The first-order valence-corrected chi connectivity index (χ1v) is 6.35. The zero-order chi connectivity index (χ0) is 14.3. The lowest BCUT2D eigenvalue weighted by Gasteiger charge is -2.18. The summed E-state index contributed by atoms with van der Waals surface area (Å²) in [6.07, 6.45) is 0. The van der Waals surface area contributed by atoms with Crippen molar-refractivity contribution in [1.82, 2.24) is 4.90 Å². The van der Waals surface area contributed by atoms with Crippen LogP contribution in [0.1, 0.15) is 20.8 Å². The summed E-state index contributed by atoms with van der Waals surface area (Å²) in [5.41, 5.74) is 0.704. The number of ether oxygens (including phenoxy) is 1. The number of nitrogens with one attached hydrogen (secondary N) is 1. The number of carbonyl (C=O) groups is 2. The summed E-state index contributed by atoms with van der Waals surface area (Å²) < 4.78 is 5.41. The maximum absolute atomic E-state index is 11.7. The van der Waals surface area contributed by atoms with Crippen LogP contribution in [0.4, 0.5) is 5.69 Å². The Morgan fingerprint density at radius 3 is 2.21 bits per heavy atom. The first-order chi connectivity index (χ1) is 9.06. The van der Waals surface area contributed by atoms with Crippen molar-refractivity contribution in [3.05, 3.63) is 24.3 Å². The second-order valence-corrected chi connectivity index (χ2v) is 4.06. The Bertz CT molecular complexity index is 425. The summed E-state index contributed by atoms with van der Waals surface area (Å²) in [7, 11) is 0. The molecule has 104 valence electrons. The Labute approximate surface area is 113 Å². The fourth-order valence-electron chi connectivity index (χ4n) is 1.65. The van der Waals surface area contributed by atoms with Crippen LogP contribution in [0.3, 0.4) is 0 Å². The van der Waals surface area contributed by atoms with Gasteiger partial charge in [0.25, 0.3) is 5.91 Å². The van der Waals surface area contributed by atoms with Crippen LogP contribution in [0.2, 0.25) is 0 Å². The number of likely N-dealkylation sites (N-methyl/N-ethyl adjacent to an activating group) is 1. The third-order valence-electron chi connectivity index (χ3n) is 2.65. The molecule has 0 unspecified atom stereocenters. The van der Waals surface area contributed by atoms with Gasteiger partial charge >= 0.3 is 0 Å². The van der Waals surface area contributed by atoms with E-state index >= 15 is 0 Å². The van der Waals surface area contributed by atoms with Gasteiger partial charge in [0, 0.05) is 25.7 Å². The third kappa shape index (κ3) is 4.99. The molecule has 1 aromatic carbocycles. The quantitative estimate of drug-likeness (QED) is 0.853. The molecule has 1 rings (SSSR count). The predicted molar refractivity (Wildman–Crippen MR) is 74.2 cm³/mol. The Morgan fingerprint density at radius 1 is 1.16 bits per heavy atom. The molecule has 0 aliphatic heterocycles. The highest BCUT2D eigenvalue weighted by Crippen LogP contribution is 2.15. The number of amides is 2. The van der Waals surface area contributed by atoms with Crippen molar-refractivity contribution < 1.29 is 14.3 Å². The molecule has 0 bridgehead atoms. The van der Waals surface area contributed by atoms with Gasteiger partial charge in [-0.25, -0.2) is 0 Å². The van der Waals surface area contributed by atoms with E-state index in [-0.39, 0.29) is 18.4 Å². The molecule has 0 aliphatic rings. The largest absolute Gasteiger partial charge is 0.484 e. The summed E-state index contributed by atoms with van der Waals surface area (Å²) in [6, 6.07) is 6.92. The minimum absolute atomic E-state index is 0.0289. The van der Waals surface area contributed by atoms with Gasteiger partial charge in [-0.3, -0.25) is 9.59 Å². The maximum atomic E-state index is 11.7. The van der Waals surface area contributed by atoms with Gasteiger partial charge in [-0.15, -0.1) is 0 Å². The van der Waals surface area contributed by atoms with Gasteiger partial charge < -0.3 is 15.0 Å². The molecule has 0 fully saturated rings. The standard InChI is InChI=1S/C14H20N2O3/c1-4-16(5-2)14(18)10-19-13-8-6-12(7-9-13)15-11(3)17/h6-9H,4-5,10H2,1-3H3,(H,15,17). The zero-order valence-electron chi connectivity index (χ0n) is 11.6. The monoisotopic (exact) mass is 264 g/mol. The molecule has 0 saturated carbocycles. The Morgan fingerprint density at radius 2 is 1.74 bits per heavy atom. The van der Waals surface area contributed by atoms with Crippen LogP contribution in [0, 0.1) is 0 Å². The normalized spacial score (nSPS) is 9.84. The van der Waals surface area contributed by atoms with Crippen LogP contribution < -0.4 is 10.1 Å². The van der Waals surface area contributed by atoms with Gasteiger partial charge in [0.15, 0.2) is 6.61 Å². The van der Waals surface area contributed by atoms with E-state index in [1.807, 2.05) is 13.8 Å². The van der Waals surface area contributed by atoms with Gasteiger partial charge in [-0.05, 0) is 38.1 Å². The average Bonchev–Trinajstić information content (AvgIpc) is 2.38. The van der Waals surface area contributed by atoms with E-state index in [0.29, 0.717) is 24.5 Å². The van der Waals surface area contributed by atoms with E-state index in [0.717, 1.165) is 0 Å². The highest BCUT2D eigenvalue weighted by Gasteiger charge is 2.09. The van der Waals surface area contributed by atoms with E-state index in [1.165, 1.54) is 6.92 Å². The SMILES string of the molecule is CCN(CC)C(=O)COc1ccc(NC(C)=O)cc1. The van der Waals surface area contributed by atoms with Crippen molar-refractivity contribution in [2.24, 2.45) is 0 Å². The number of anilines is 1. The highest BCUT2D eigenvalue weighted by atomic mass is 16.5. The molecular weight excluding hydrogens is 244 g/mol. The molecule has 5 nitrogen and oxygen atoms in total. The molecule has 1 aromatic rings. The van der Waals surface area contributed by atoms with Crippen LogP contribution in [-0.4, -0.2) is 36.4 Å². The van der Waals surface area contributed by atoms with Crippen molar-refractivity contribution in [1.29, 1.82) is 0 Å². The zero-order valence-corrected chi connectivity index (χ0v) is 11.6. The predicted octanol–water partition coefficient (Wildman–Crippen LogP) is 1.89. The number of hydrogen-bond acceptors (Lipinski definition) is 3. The Hall–Kier alpha value is -2.04. The van der Waals surface area contributed by atoms with Crippen molar-refractivity contribution in [3.8, 4) is 5.75 Å². The minimum atomic E-state index is -0.120. The van der Waals surface area contributed by atoms with Crippen molar-refractivity contribution in [2.75, 3.05) is 25.0 Å². The molecule has 0 aliphatic carbocycles. The van der Waals surface area contributed by atoms with Gasteiger partial charge in [0.1, 0.15) is 5.75 Å². The van der Waals surface area contributed by atoms with Crippen molar-refractivity contribution in [2.45, 2.75) is 20.8 Å². The summed E-state index contributed by atoms with van der Waals surface area (Å²) >= 11 is 0. The van der Waals surface area contributed by atoms with Gasteiger partial charge in [0.05, 0.1) is 0 Å². The molecule has 19 heavy (non-hydrogen) atoms. The van der Waals surface area contributed by atoms with E-state index < -0.39 is 0 Å². The number of nitrogens with zero attached hydrogens (tertiary/aromatic N) is 1. The molecule has 0 aromatic heterocycles. The van der Waals surface area contributed by atoms with Crippen LogP contribution in [-0.2, 0) is 9.59 Å². The first-order valence-electron chi connectivity index (χ1n) is 6.35. The Balaban J connectivity index is 2.50. The topological polar surface area (TPSA) is 58.6 Å². The minimum Gasteiger partial charge on any atom is -0.484 e. The number of rotatable bonds is 6. The molecule has 0 atom stereocenters. The number of carbonyl (C=O) groups excluding carboxylic acids is 2. The van der Waals surface area contributed by atoms with E-state index in [9.17, 15) is 9.59 Å². The first kappa shape index (κ1) is 15.0. The molecule has 0 saturated heterocycles. The maximum Gasteiger partial charge on any atom is 0.260 e. The molecule has 1 N–H and O–H groups in total. The van der Waals surface area contributed by atoms with Crippen LogP contribution in [0.15, 0.2) is 24.3 Å². The summed E-state index contributed by atoms with van der Waals surface area (Å²) in [6.45, 7) is 6.71. The molecule has 0 spiro atoms. The fraction of sp³-hybridized carbons (Fsp3) is 0.429. The molecular formula is C14H20N2O3. The van der Waals surface area contributed by atoms with Crippen molar-refractivity contribution in [3.63, 3.8) is 0 Å².